The van der Waals surface area contributed by atoms with Crippen molar-refractivity contribution in [2.45, 2.75) is 67.1 Å². The van der Waals surface area contributed by atoms with Crippen molar-refractivity contribution >= 4 is 37.8 Å². The number of aliphatic hydroxyl groups is 6. The number of imidazole rings is 1. The zero-order chi connectivity index (χ0) is 32.8. The number of hydrogen-bond donors (Lipinski definition) is 9. The quantitative estimate of drug-likeness (QED) is 0.0792. The van der Waals surface area contributed by atoms with Gasteiger partial charge in [0.15, 0.2) is 17.8 Å². The zero-order valence-corrected chi connectivity index (χ0v) is 25.7. The van der Waals surface area contributed by atoms with Gasteiger partial charge in [-0.3, -0.25) is 4.52 Å². The van der Waals surface area contributed by atoms with Crippen LogP contribution in [0.1, 0.15) is 18.7 Å². The Hall–Kier alpha value is -1.59. The van der Waals surface area contributed by atoms with E-state index in [0.29, 0.717) is 0 Å². The molecule has 2 aromatic heterocycles. The molecular formula is C21H33N5O15P2S. The number of ether oxygens (including phenoxy) is 3. The van der Waals surface area contributed by atoms with Gasteiger partial charge in [0.1, 0.15) is 60.3 Å². The van der Waals surface area contributed by atoms with Crippen LogP contribution in [-0.4, -0.2) is 134 Å². The molecule has 2 aromatic rings. The molecule has 7 unspecified atom stereocenters. The smallest absolute Gasteiger partial charge is 0.394 e. The number of nitrogens with zero attached hydrogens (tertiary/aromatic N) is 4. The van der Waals surface area contributed by atoms with Crippen LogP contribution in [-0.2, 0) is 43.9 Å². The number of fused-ring (bicyclic) bond motifs is 1. The van der Waals surface area contributed by atoms with Crippen molar-refractivity contribution in [1.82, 2.24) is 19.6 Å². The molecule has 23 heteroatoms. The van der Waals surface area contributed by atoms with E-state index in [0.717, 1.165) is 0 Å². The lowest BCUT2D eigenvalue weighted by molar-refractivity contribution is -0.292. The van der Waals surface area contributed by atoms with Crippen molar-refractivity contribution in [2.75, 3.05) is 26.1 Å². The highest BCUT2D eigenvalue weighted by atomic mass is 32.5. The first-order valence-electron chi connectivity index (χ1n) is 12.6. The highest BCUT2D eigenvalue weighted by molar-refractivity contribution is 8.08. The second kappa shape index (κ2) is 12.9. The molecule has 0 amide bonds. The highest BCUT2D eigenvalue weighted by Crippen LogP contribution is 2.62. The normalized spacial score (nSPS) is 37.8. The Morgan fingerprint density at radius 3 is 2.55 bits per heavy atom. The first-order chi connectivity index (χ1) is 20.5. The van der Waals surface area contributed by atoms with Crippen molar-refractivity contribution in [3.05, 3.63) is 30.9 Å². The van der Waals surface area contributed by atoms with E-state index in [2.05, 4.69) is 26.0 Å². The molecule has 0 aliphatic carbocycles. The molecule has 12 atom stereocenters. The Labute approximate surface area is 254 Å². The van der Waals surface area contributed by atoms with E-state index < -0.39 is 88.0 Å². The summed E-state index contributed by atoms with van der Waals surface area (Å²) in [6, 6.07) is 0. The number of phosphoric ester groups is 1. The monoisotopic (exact) mass is 689 g/mol. The highest BCUT2D eigenvalue weighted by Gasteiger charge is 2.63. The topological polar surface area (TPSA) is 303 Å². The SMILES string of the molecule is C=C[C@]1(OC)[C@H](c2cnc3c(N)ncnn23)O[C@](C)(COP(O)(=S)OP(=O)(O)OC2OC([C@@H](O)CO)C(O)C(O)C2O)[C@H]1O. The maximum Gasteiger partial charge on any atom is 0.481 e. The summed E-state index contributed by atoms with van der Waals surface area (Å²) < 4.78 is 45.4. The van der Waals surface area contributed by atoms with Gasteiger partial charge in [-0.1, -0.05) is 6.08 Å². The molecule has 20 nitrogen and oxygen atoms in total. The summed E-state index contributed by atoms with van der Waals surface area (Å²) in [4.78, 5) is 28.9. The number of aromatic nitrogens is 4. The molecule has 0 saturated carbocycles. The van der Waals surface area contributed by atoms with E-state index in [1.807, 2.05) is 0 Å². The predicted molar refractivity (Wildman–Crippen MR) is 148 cm³/mol. The lowest BCUT2D eigenvalue weighted by atomic mass is 9.84. The maximum atomic E-state index is 12.7. The minimum Gasteiger partial charge on any atom is -0.394 e. The molecule has 2 aliphatic rings. The van der Waals surface area contributed by atoms with Gasteiger partial charge in [0.2, 0.25) is 0 Å². The van der Waals surface area contributed by atoms with Gasteiger partial charge in [0, 0.05) is 7.11 Å². The number of anilines is 1. The average Bonchev–Trinajstić information content (AvgIpc) is 3.49. The molecule has 44 heavy (non-hydrogen) atoms. The Morgan fingerprint density at radius 1 is 1.25 bits per heavy atom. The number of nitrogen functional groups attached to an aromatic ring is 1. The van der Waals surface area contributed by atoms with Gasteiger partial charge >= 0.3 is 14.5 Å². The third-order valence-electron chi connectivity index (χ3n) is 7.23. The molecule has 2 saturated heterocycles. The Kier molecular flexibility index (Phi) is 10.3. The van der Waals surface area contributed by atoms with Gasteiger partial charge in [0.25, 0.3) is 0 Å². The van der Waals surface area contributed by atoms with Crippen LogP contribution in [0.15, 0.2) is 25.2 Å². The fraction of sp³-hybridized carbons (Fsp3) is 0.667. The van der Waals surface area contributed by atoms with Crippen LogP contribution in [0.2, 0.25) is 0 Å². The van der Waals surface area contributed by atoms with Crippen molar-refractivity contribution in [3.63, 3.8) is 0 Å². The number of phosphoric acid groups is 1. The average molecular weight is 690 g/mol. The Balaban J connectivity index is 1.50. The summed E-state index contributed by atoms with van der Waals surface area (Å²) >= 11 is 4.85. The summed E-state index contributed by atoms with van der Waals surface area (Å²) in [5.41, 5.74) is 2.90. The third kappa shape index (κ3) is 6.48. The van der Waals surface area contributed by atoms with Crippen LogP contribution in [0.5, 0.6) is 0 Å². The summed E-state index contributed by atoms with van der Waals surface area (Å²) in [5.74, 6) is 0.0585. The Bertz CT molecular complexity index is 1460. The summed E-state index contributed by atoms with van der Waals surface area (Å²) in [5, 5.41) is 64.6. The molecule has 0 radical (unpaired) electrons. The van der Waals surface area contributed by atoms with E-state index in [4.69, 9.17) is 45.9 Å². The lowest BCUT2D eigenvalue weighted by Crippen LogP contribution is -2.61. The number of hydrogen-bond acceptors (Lipinski definition) is 18. The number of rotatable bonds is 12. The summed E-state index contributed by atoms with van der Waals surface area (Å²) in [6.45, 7) is -1.33. The van der Waals surface area contributed by atoms with Crippen molar-refractivity contribution in [3.8, 4) is 0 Å². The van der Waals surface area contributed by atoms with Gasteiger partial charge in [-0.05, 0) is 18.7 Å². The standard InChI is InChI=1S/C21H33N5O15P2S/c1-4-21(36-3)15(9-5-23-17-16(22)24-8-25-26(9)17)39-20(2,19(21)32)7-37-43(35,44)41-42(33,34)40-18-13(31)11(29)12(30)14(38-18)10(28)6-27/h4-5,8,10-15,18-19,27-32H,1,6-7H2,2-3H3,(H,33,34)(H,35,44)(H2,22,24,25)/t10-,11?,12?,13?,14?,15-,18?,19+,20+,21-,43?/m0/s1. The van der Waals surface area contributed by atoms with Crippen LogP contribution in [0.4, 0.5) is 5.82 Å². The maximum absolute atomic E-state index is 12.7. The minimum absolute atomic E-state index is 0.0585. The van der Waals surface area contributed by atoms with Crippen molar-refractivity contribution < 1.29 is 72.6 Å². The van der Waals surface area contributed by atoms with E-state index in [1.165, 1.54) is 37.1 Å². The Morgan fingerprint density at radius 2 is 1.93 bits per heavy atom. The van der Waals surface area contributed by atoms with E-state index in [-0.39, 0.29) is 17.2 Å². The number of aliphatic hydroxyl groups excluding tert-OH is 6. The molecular weight excluding hydrogens is 656 g/mol. The first-order valence-corrected chi connectivity index (χ1v) is 16.7. The first kappa shape index (κ1) is 35.3. The van der Waals surface area contributed by atoms with Crippen LogP contribution < -0.4 is 5.73 Å². The van der Waals surface area contributed by atoms with Crippen LogP contribution in [0, 0.1) is 0 Å². The van der Waals surface area contributed by atoms with E-state index in [1.54, 1.807) is 0 Å². The van der Waals surface area contributed by atoms with Gasteiger partial charge in [-0.2, -0.15) is 5.10 Å². The number of methoxy groups -OCH3 is 1. The fourth-order valence-electron chi connectivity index (χ4n) is 4.90. The molecule has 0 aromatic carbocycles. The van der Waals surface area contributed by atoms with Crippen LogP contribution in [0.3, 0.4) is 0 Å². The zero-order valence-electron chi connectivity index (χ0n) is 23.1. The second-order valence-corrected chi connectivity index (χ2v) is 14.5. The molecule has 2 fully saturated rings. The molecule has 0 bridgehead atoms. The predicted octanol–water partition coefficient (Wildman–Crippen LogP) is -3.00. The summed E-state index contributed by atoms with van der Waals surface area (Å²) in [6.07, 6.45) is -10.8. The number of nitrogens with two attached hydrogens (primary N) is 1. The third-order valence-corrected chi connectivity index (χ3v) is 10.7. The molecule has 2 aliphatic heterocycles. The fourth-order valence-corrected chi connectivity index (χ4v) is 8.06. The van der Waals surface area contributed by atoms with Gasteiger partial charge < -0.3 is 64.9 Å². The van der Waals surface area contributed by atoms with Gasteiger partial charge in [-0.25, -0.2) is 23.4 Å². The van der Waals surface area contributed by atoms with Crippen molar-refractivity contribution in [1.29, 1.82) is 0 Å². The summed E-state index contributed by atoms with van der Waals surface area (Å²) in [7, 11) is -4.21. The van der Waals surface area contributed by atoms with Crippen molar-refractivity contribution in [2.24, 2.45) is 0 Å². The molecule has 4 rings (SSSR count). The molecule has 10 N–H and O–H groups in total. The van der Waals surface area contributed by atoms with E-state index in [9.17, 15) is 39.9 Å². The second-order valence-electron chi connectivity index (χ2n) is 10.1. The van der Waals surface area contributed by atoms with Gasteiger partial charge in [0.05, 0.1) is 25.1 Å². The minimum atomic E-state index is -5.48. The molecule has 0 spiro atoms. The van der Waals surface area contributed by atoms with E-state index >= 15 is 0 Å². The largest absolute Gasteiger partial charge is 0.481 e. The van der Waals surface area contributed by atoms with Crippen LogP contribution in [0.25, 0.3) is 5.65 Å². The molecule has 4 heterocycles. The van der Waals surface area contributed by atoms with Crippen LogP contribution >= 0.6 is 14.5 Å². The molecule has 248 valence electrons. The van der Waals surface area contributed by atoms with Gasteiger partial charge in [-0.15, -0.1) is 6.58 Å². The lowest BCUT2D eigenvalue weighted by Gasteiger charge is -2.41.